The zero-order valence-corrected chi connectivity index (χ0v) is 14.4. The van der Waals surface area contributed by atoms with Gasteiger partial charge in [-0.2, -0.15) is 4.98 Å². The third-order valence-corrected chi connectivity index (χ3v) is 3.96. The van der Waals surface area contributed by atoms with Crippen LogP contribution in [0.25, 0.3) is 0 Å². The van der Waals surface area contributed by atoms with Crippen molar-refractivity contribution in [3.8, 4) is 23.1 Å². The molecule has 26 heavy (non-hydrogen) atoms. The molecule has 0 radical (unpaired) electrons. The highest BCUT2D eigenvalue weighted by atomic mass is 35.5. The third kappa shape index (κ3) is 3.00. The Balaban J connectivity index is 1.75. The lowest BCUT2D eigenvalue weighted by molar-refractivity contribution is 0.369. The Morgan fingerprint density at radius 3 is 2.88 bits per heavy atom. The zero-order valence-electron chi connectivity index (χ0n) is 13.6. The van der Waals surface area contributed by atoms with Gasteiger partial charge in [-0.05, 0) is 24.3 Å². The Morgan fingerprint density at radius 1 is 1.19 bits per heavy atom. The SMILES string of the molecule is COc1cc2c(cc1O)C=Nc1c(Nc3cccc(Cl)c3)ncnc1O2. The molecule has 2 heterocycles. The highest BCUT2D eigenvalue weighted by molar-refractivity contribution is 6.30. The number of anilines is 2. The van der Waals surface area contributed by atoms with E-state index < -0.39 is 0 Å². The maximum atomic E-state index is 9.96. The van der Waals surface area contributed by atoms with E-state index in [0.717, 1.165) is 5.69 Å². The predicted molar refractivity (Wildman–Crippen MR) is 98.8 cm³/mol. The maximum absolute atomic E-state index is 9.96. The van der Waals surface area contributed by atoms with Crippen molar-refractivity contribution in [1.29, 1.82) is 0 Å². The number of hydrogen-bond acceptors (Lipinski definition) is 7. The number of rotatable bonds is 3. The lowest BCUT2D eigenvalue weighted by atomic mass is 10.2. The van der Waals surface area contributed by atoms with Gasteiger partial charge in [-0.25, -0.2) is 9.98 Å². The van der Waals surface area contributed by atoms with Gasteiger partial charge in [0.1, 0.15) is 12.1 Å². The number of hydrogen-bond donors (Lipinski definition) is 2. The normalized spacial score (nSPS) is 11.8. The summed E-state index contributed by atoms with van der Waals surface area (Å²) in [5.41, 5.74) is 1.78. The second kappa shape index (κ2) is 6.53. The molecule has 0 fully saturated rings. The fraction of sp³-hybridized carbons (Fsp3) is 0.0556. The molecule has 0 spiro atoms. The summed E-state index contributed by atoms with van der Waals surface area (Å²) >= 11 is 6.02. The van der Waals surface area contributed by atoms with E-state index in [1.54, 1.807) is 24.4 Å². The smallest absolute Gasteiger partial charge is 0.250 e. The Hall–Kier alpha value is -3.32. The summed E-state index contributed by atoms with van der Waals surface area (Å²) in [5, 5.41) is 13.7. The van der Waals surface area contributed by atoms with Crippen molar-refractivity contribution < 1.29 is 14.6 Å². The lowest BCUT2D eigenvalue weighted by Gasteiger charge is -2.12. The number of methoxy groups -OCH3 is 1. The zero-order chi connectivity index (χ0) is 18.1. The molecule has 0 saturated heterocycles. The molecule has 4 rings (SSSR count). The summed E-state index contributed by atoms with van der Waals surface area (Å²) in [4.78, 5) is 12.8. The number of aliphatic imine (C=N–C) groups is 1. The summed E-state index contributed by atoms with van der Waals surface area (Å²) < 4.78 is 11.0. The number of nitrogens with zero attached hydrogens (tertiary/aromatic N) is 3. The van der Waals surface area contributed by atoms with E-state index in [9.17, 15) is 5.11 Å². The van der Waals surface area contributed by atoms with Crippen LogP contribution >= 0.6 is 11.6 Å². The molecule has 0 bridgehead atoms. The van der Waals surface area contributed by atoms with Crippen molar-refractivity contribution in [3.63, 3.8) is 0 Å². The summed E-state index contributed by atoms with van der Waals surface area (Å²) in [7, 11) is 1.47. The second-order valence-electron chi connectivity index (χ2n) is 5.43. The fourth-order valence-corrected chi connectivity index (χ4v) is 2.70. The van der Waals surface area contributed by atoms with E-state index >= 15 is 0 Å². The van der Waals surface area contributed by atoms with Gasteiger partial charge in [0.05, 0.1) is 7.11 Å². The van der Waals surface area contributed by atoms with E-state index in [0.29, 0.717) is 33.6 Å². The van der Waals surface area contributed by atoms with E-state index in [1.807, 2.05) is 12.1 Å². The first-order valence-corrected chi connectivity index (χ1v) is 8.02. The van der Waals surface area contributed by atoms with Crippen molar-refractivity contribution in [2.45, 2.75) is 0 Å². The molecule has 130 valence electrons. The van der Waals surface area contributed by atoms with Gasteiger partial charge in [0.25, 0.3) is 5.88 Å². The van der Waals surface area contributed by atoms with Crippen LogP contribution in [0.5, 0.6) is 23.1 Å². The quantitative estimate of drug-likeness (QED) is 0.555. The van der Waals surface area contributed by atoms with Crippen molar-refractivity contribution in [2.75, 3.05) is 12.4 Å². The van der Waals surface area contributed by atoms with Crippen LogP contribution in [0.4, 0.5) is 17.2 Å². The minimum atomic E-state index is -0.00406. The number of benzene rings is 2. The standard InChI is InChI=1S/C18H13ClN4O3/c1-25-15-7-14-10(5-13(15)24)8-20-16-17(21-9-22-18(16)26-14)23-12-4-2-3-11(19)6-12/h2-9,24H,1H3,(H,21,22,23). The first kappa shape index (κ1) is 16.2. The molecule has 8 heteroatoms. The monoisotopic (exact) mass is 368 g/mol. The topological polar surface area (TPSA) is 88.9 Å². The minimum Gasteiger partial charge on any atom is -0.504 e. The molecule has 2 aromatic carbocycles. The van der Waals surface area contributed by atoms with E-state index in [1.165, 1.54) is 19.5 Å². The number of aromatic hydroxyl groups is 1. The highest BCUT2D eigenvalue weighted by Gasteiger charge is 2.19. The van der Waals surface area contributed by atoms with Crippen LogP contribution in [-0.2, 0) is 0 Å². The van der Waals surface area contributed by atoms with Crippen LogP contribution in [0.15, 0.2) is 47.7 Å². The third-order valence-electron chi connectivity index (χ3n) is 3.73. The minimum absolute atomic E-state index is 0.00406. The largest absolute Gasteiger partial charge is 0.504 e. The van der Waals surface area contributed by atoms with Crippen molar-refractivity contribution in [2.24, 2.45) is 4.99 Å². The number of ether oxygens (including phenoxy) is 2. The number of halogens is 1. The average Bonchev–Trinajstić information content (AvgIpc) is 2.80. The lowest BCUT2D eigenvalue weighted by Crippen LogP contribution is -1.97. The van der Waals surface area contributed by atoms with Crippen LogP contribution in [0.2, 0.25) is 5.02 Å². The van der Waals surface area contributed by atoms with Gasteiger partial charge in [-0.3, -0.25) is 0 Å². The molecular weight excluding hydrogens is 356 g/mol. The molecule has 0 amide bonds. The molecule has 3 aromatic rings. The van der Waals surface area contributed by atoms with Crippen molar-refractivity contribution >= 4 is 35.0 Å². The van der Waals surface area contributed by atoms with Crippen molar-refractivity contribution in [1.82, 2.24) is 9.97 Å². The van der Waals surface area contributed by atoms with Crippen LogP contribution in [-0.4, -0.2) is 28.4 Å². The predicted octanol–water partition coefficient (Wildman–Crippen LogP) is 4.44. The van der Waals surface area contributed by atoms with E-state index in [-0.39, 0.29) is 11.6 Å². The van der Waals surface area contributed by atoms with Gasteiger partial charge in [-0.1, -0.05) is 17.7 Å². The first-order valence-electron chi connectivity index (χ1n) is 7.64. The molecule has 1 aliphatic rings. The average molecular weight is 369 g/mol. The molecule has 1 aromatic heterocycles. The molecular formula is C18H13ClN4O3. The molecule has 0 saturated carbocycles. The van der Waals surface area contributed by atoms with Crippen molar-refractivity contribution in [3.05, 3.63) is 53.3 Å². The van der Waals surface area contributed by atoms with E-state index in [2.05, 4.69) is 20.3 Å². The Morgan fingerprint density at radius 2 is 2.08 bits per heavy atom. The first-order chi connectivity index (χ1) is 12.6. The summed E-state index contributed by atoms with van der Waals surface area (Å²) in [6.45, 7) is 0. The Labute approximate surface area is 153 Å². The summed E-state index contributed by atoms with van der Waals surface area (Å²) in [6, 6.07) is 10.3. The van der Waals surface area contributed by atoms with Gasteiger partial charge >= 0.3 is 0 Å². The number of fused-ring (bicyclic) bond motifs is 2. The number of nitrogens with one attached hydrogen (secondary N) is 1. The van der Waals surface area contributed by atoms with Crippen LogP contribution in [0.1, 0.15) is 5.56 Å². The fourth-order valence-electron chi connectivity index (χ4n) is 2.51. The van der Waals surface area contributed by atoms with Gasteiger partial charge < -0.3 is 19.9 Å². The summed E-state index contributed by atoms with van der Waals surface area (Å²) in [5.74, 6) is 1.52. The number of aromatic nitrogens is 2. The molecule has 0 unspecified atom stereocenters. The maximum Gasteiger partial charge on any atom is 0.250 e. The number of phenolic OH excluding ortho intramolecular Hbond substituents is 1. The van der Waals surface area contributed by atoms with Crippen LogP contribution in [0.3, 0.4) is 0 Å². The second-order valence-corrected chi connectivity index (χ2v) is 5.87. The molecule has 2 N–H and O–H groups in total. The van der Waals surface area contributed by atoms with Gasteiger partial charge in [0.2, 0.25) is 0 Å². The molecule has 0 atom stereocenters. The molecule has 0 aliphatic carbocycles. The number of phenols is 1. The van der Waals surface area contributed by atoms with Gasteiger partial charge in [0, 0.05) is 28.6 Å². The molecule has 7 nitrogen and oxygen atoms in total. The van der Waals surface area contributed by atoms with Gasteiger partial charge in [-0.15, -0.1) is 0 Å². The van der Waals surface area contributed by atoms with Crippen LogP contribution in [0, 0.1) is 0 Å². The Kier molecular flexibility index (Phi) is 4.06. The van der Waals surface area contributed by atoms with E-state index in [4.69, 9.17) is 21.1 Å². The van der Waals surface area contributed by atoms with Crippen LogP contribution < -0.4 is 14.8 Å². The summed E-state index contributed by atoms with van der Waals surface area (Å²) in [6.07, 6.45) is 2.96. The molecule has 1 aliphatic heterocycles. The highest BCUT2D eigenvalue weighted by Crippen LogP contribution is 2.42. The Bertz CT molecular complexity index is 1020. The van der Waals surface area contributed by atoms with Gasteiger partial charge in [0.15, 0.2) is 23.0 Å².